The molecule has 5 rings (SSSR count). The maximum Gasteiger partial charge on any atom is 0.328 e. The third-order valence-electron chi connectivity index (χ3n) is 6.56. The van der Waals surface area contributed by atoms with Crippen molar-refractivity contribution in [2.45, 2.75) is 11.5 Å². The summed E-state index contributed by atoms with van der Waals surface area (Å²) in [5, 5.41) is 0. The van der Waals surface area contributed by atoms with Gasteiger partial charge in [0.05, 0.1) is 35.8 Å². The summed E-state index contributed by atoms with van der Waals surface area (Å²) in [6, 6.07) is 24.3. The Balaban J connectivity index is 1.51. The number of ether oxygens (including phenoxy) is 4. The first-order valence-corrected chi connectivity index (χ1v) is 14.1. The van der Waals surface area contributed by atoms with Crippen LogP contribution in [0.5, 0.6) is 28.7 Å². The van der Waals surface area contributed by atoms with Crippen LogP contribution in [0.15, 0.2) is 94.6 Å². The van der Waals surface area contributed by atoms with Crippen molar-refractivity contribution in [2.75, 3.05) is 18.9 Å². The molecule has 11 heteroatoms. The number of aromatic nitrogens is 2. The number of imidazole rings is 1. The molecule has 0 aliphatic carbocycles. The number of hydrogen-bond acceptors (Lipinski definition) is 7. The Morgan fingerprint density at radius 2 is 1.41 bits per heavy atom. The van der Waals surface area contributed by atoms with Crippen molar-refractivity contribution in [2.24, 2.45) is 14.1 Å². The van der Waals surface area contributed by atoms with Crippen LogP contribution >= 0.6 is 0 Å². The van der Waals surface area contributed by atoms with E-state index in [2.05, 4.69) is 4.72 Å². The normalized spacial score (nSPS) is 11.3. The summed E-state index contributed by atoms with van der Waals surface area (Å²) in [6.07, 6.45) is 0. The molecule has 0 aliphatic rings. The van der Waals surface area contributed by atoms with E-state index in [1.54, 1.807) is 50.5 Å². The monoisotopic (exact) mass is 575 g/mol. The molecule has 0 amide bonds. The fraction of sp³-hybridized carbons (Fsp3) is 0.167. The first-order chi connectivity index (χ1) is 19.7. The van der Waals surface area contributed by atoms with Crippen LogP contribution < -0.4 is 29.4 Å². The van der Waals surface area contributed by atoms with Crippen molar-refractivity contribution < 1.29 is 27.4 Å². The van der Waals surface area contributed by atoms with E-state index in [-0.39, 0.29) is 27.8 Å². The van der Waals surface area contributed by atoms with Gasteiger partial charge in [0.1, 0.15) is 18.1 Å². The number of hydrogen-bond donors (Lipinski definition) is 1. The summed E-state index contributed by atoms with van der Waals surface area (Å²) in [6.45, 7) is 0.374. The third-order valence-corrected chi connectivity index (χ3v) is 7.93. The van der Waals surface area contributed by atoms with Crippen molar-refractivity contribution >= 4 is 26.7 Å². The van der Waals surface area contributed by atoms with E-state index in [9.17, 15) is 13.2 Å². The molecule has 0 atom stereocenters. The van der Waals surface area contributed by atoms with Crippen LogP contribution in [-0.2, 0) is 30.7 Å². The Morgan fingerprint density at radius 3 is 2.12 bits per heavy atom. The molecule has 10 nitrogen and oxygen atoms in total. The van der Waals surface area contributed by atoms with Crippen LogP contribution in [0, 0.1) is 0 Å². The molecule has 0 fully saturated rings. The average Bonchev–Trinajstić information content (AvgIpc) is 3.19. The molecular formula is C30H29N3O7S. The highest BCUT2D eigenvalue weighted by atomic mass is 32.2. The van der Waals surface area contributed by atoms with Crippen LogP contribution in [-0.4, -0.2) is 31.8 Å². The van der Waals surface area contributed by atoms with Crippen molar-refractivity contribution in [3.05, 3.63) is 101 Å². The lowest BCUT2D eigenvalue weighted by Gasteiger charge is -2.16. The SMILES string of the molecule is COc1ccc(S(=O)(=O)Nc2cc3c(cc2Oc2cccc(OCc4ccccc4)c2)n(C)c(=O)n3C)cc1OC. The number of sulfonamides is 1. The van der Waals surface area contributed by atoms with Gasteiger partial charge in [-0.15, -0.1) is 0 Å². The molecule has 41 heavy (non-hydrogen) atoms. The minimum absolute atomic E-state index is 0.0422. The fourth-order valence-corrected chi connectivity index (χ4v) is 5.45. The van der Waals surface area contributed by atoms with Crippen molar-refractivity contribution in [3.8, 4) is 28.7 Å². The molecular weight excluding hydrogens is 546 g/mol. The van der Waals surface area contributed by atoms with E-state index >= 15 is 0 Å². The van der Waals surface area contributed by atoms with Gasteiger partial charge in [-0.05, 0) is 35.9 Å². The average molecular weight is 576 g/mol. The summed E-state index contributed by atoms with van der Waals surface area (Å²) in [5.74, 6) is 1.85. The lowest BCUT2D eigenvalue weighted by molar-refractivity contribution is 0.304. The molecule has 0 aliphatic heterocycles. The van der Waals surface area contributed by atoms with Crippen LogP contribution in [0.4, 0.5) is 5.69 Å². The number of nitrogens with zero attached hydrogens (tertiary/aromatic N) is 2. The Labute approximate surface area is 237 Å². The van der Waals surface area contributed by atoms with Crippen LogP contribution in [0.25, 0.3) is 11.0 Å². The summed E-state index contributed by atoms with van der Waals surface area (Å²) in [4.78, 5) is 12.6. The third kappa shape index (κ3) is 5.71. The van der Waals surface area contributed by atoms with Gasteiger partial charge < -0.3 is 18.9 Å². The van der Waals surface area contributed by atoms with Crippen LogP contribution in [0.1, 0.15) is 5.56 Å². The number of fused-ring (bicyclic) bond motifs is 1. The molecule has 212 valence electrons. The molecule has 4 aromatic carbocycles. The first-order valence-electron chi connectivity index (χ1n) is 12.6. The lowest BCUT2D eigenvalue weighted by Crippen LogP contribution is -2.19. The number of benzene rings is 4. The molecule has 0 bridgehead atoms. The van der Waals surface area contributed by atoms with Crippen molar-refractivity contribution in [3.63, 3.8) is 0 Å². The van der Waals surface area contributed by atoms with E-state index in [0.717, 1.165) is 5.56 Å². The summed E-state index contributed by atoms with van der Waals surface area (Å²) >= 11 is 0. The zero-order valence-electron chi connectivity index (χ0n) is 23.0. The molecule has 1 heterocycles. The van der Waals surface area contributed by atoms with Gasteiger partial charge in [-0.2, -0.15) is 0 Å². The minimum atomic E-state index is -4.10. The van der Waals surface area contributed by atoms with Gasteiger partial charge in [0.15, 0.2) is 17.2 Å². The molecule has 0 saturated carbocycles. The summed E-state index contributed by atoms with van der Waals surface area (Å²) in [5.41, 5.74) is 1.99. The lowest BCUT2D eigenvalue weighted by atomic mass is 10.2. The second kappa shape index (κ2) is 11.3. The molecule has 1 N–H and O–H groups in total. The van der Waals surface area contributed by atoms with E-state index in [0.29, 0.717) is 34.9 Å². The predicted octanol–water partition coefficient (Wildman–Crippen LogP) is 5.07. The Hall–Kier alpha value is -4.90. The first kappa shape index (κ1) is 27.7. The van der Waals surface area contributed by atoms with Gasteiger partial charge in [-0.25, -0.2) is 13.2 Å². The van der Waals surface area contributed by atoms with E-state index in [4.69, 9.17) is 18.9 Å². The van der Waals surface area contributed by atoms with Gasteiger partial charge in [-0.3, -0.25) is 13.9 Å². The van der Waals surface area contributed by atoms with E-state index in [1.807, 2.05) is 30.3 Å². The smallest absolute Gasteiger partial charge is 0.328 e. The minimum Gasteiger partial charge on any atom is -0.493 e. The molecule has 0 radical (unpaired) electrons. The maximum absolute atomic E-state index is 13.5. The summed E-state index contributed by atoms with van der Waals surface area (Å²) < 4.78 is 55.1. The molecule has 5 aromatic rings. The molecule has 0 unspecified atom stereocenters. The summed E-state index contributed by atoms with van der Waals surface area (Å²) in [7, 11) is 2.05. The van der Waals surface area contributed by atoms with Gasteiger partial charge in [0.2, 0.25) is 0 Å². The Morgan fingerprint density at radius 1 is 0.732 bits per heavy atom. The number of methoxy groups -OCH3 is 2. The Bertz CT molecular complexity index is 1880. The van der Waals surface area contributed by atoms with Gasteiger partial charge in [0.25, 0.3) is 10.0 Å². The Kier molecular flexibility index (Phi) is 7.62. The topological polar surface area (TPSA) is 110 Å². The fourth-order valence-electron chi connectivity index (χ4n) is 4.37. The number of aryl methyl sites for hydroxylation is 2. The van der Waals surface area contributed by atoms with Gasteiger partial charge in [0, 0.05) is 32.3 Å². The van der Waals surface area contributed by atoms with E-state index < -0.39 is 10.0 Å². The van der Waals surface area contributed by atoms with Crippen molar-refractivity contribution in [1.82, 2.24) is 9.13 Å². The standard InChI is InChI=1S/C30H29N3O7S/c1-32-25-17-24(31-41(35,36)23-13-14-27(37-3)29(16-23)38-4)28(18-26(25)33(2)30(32)34)40-22-12-8-11-21(15-22)39-19-20-9-6-5-7-10-20/h5-18,31H,19H2,1-4H3. The second-order valence-corrected chi connectivity index (χ2v) is 10.9. The van der Waals surface area contributed by atoms with Crippen molar-refractivity contribution in [1.29, 1.82) is 0 Å². The zero-order chi connectivity index (χ0) is 29.1. The van der Waals surface area contributed by atoms with Gasteiger partial charge >= 0.3 is 5.69 Å². The predicted molar refractivity (Wildman–Crippen MR) is 156 cm³/mol. The molecule has 1 aromatic heterocycles. The highest BCUT2D eigenvalue weighted by Gasteiger charge is 2.22. The number of anilines is 1. The van der Waals surface area contributed by atoms with Gasteiger partial charge in [-0.1, -0.05) is 36.4 Å². The van der Waals surface area contributed by atoms with E-state index in [1.165, 1.54) is 41.6 Å². The highest BCUT2D eigenvalue weighted by molar-refractivity contribution is 7.92. The van der Waals surface area contributed by atoms with Crippen LogP contribution in [0.2, 0.25) is 0 Å². The number of rotatable bonds is 10. The van der Waals surface area contributed by atoms with Crippen LogP contribution in [0.3, 0.4) is 0 Å². The molecule has 0 saturated heterocycles. The molecule has 0 spiro atoms. The zero-order valence-corrected chi connectivity index (χ0v) is 23.8. The highest BCUT2D eigenvalue weighted by Crippen LogP contribution is 2.37. The quantitative estimate of drug-likeness (QED) is 0.248. The number of nitrogens with one attached hydrogen (secondary N) is 1. The second-order valence-electron chi connectivity index (χ2n) is 9.21. The largest absolute Gasteiger partial charge is 0.493 e. The maximum atomic E-state index is 13.5.